The summed E-state index contributed by atoms with van der Waals surface area (Å²) < 4.78 is 15.4. The molecule has 0 amide bonds. The van der Waals surface area contributed by atoms with Crippen molar-refractivity contribution in [2.75, 3.05) is 0 Å². The summed E-state index contributed by atoms with van der Waals surface area (Å²) in [5, 5.41) is 17.0. The highest BCUT2D eigenvalue weighted by atomic mass is 19.1. The molecule has 4 nitrogen and oxygen atoms in total. The van der Waals surface area contributed by atoms with Gasteiger partial charge in [-0.2, -0.15) is 5.26 Å². The van der Waals surface area contributed by atoms with E-state index < -0.39 is 5.82 Å². The Morgan fingerprint density at radius 2 is 1.83 bits per heavy atom. The van der Waals surface area contributed by atoms with Crippen molar-refractivity contribution in [2.24, 2.45) is 0 Å². The monoisotopic (exact) mass is 306 g/mol. The van der Waals surface area contributed by atoms with Crippen LogP contribution in [0.4, 0.5) is 4.39 Å². The molecular weight excluding hydrogens is 291 g/mol. The van der Waals surface area contributed by atoms with Crippen molar-refractivity contribution in [3.8, 4) is 11.8 Å². The van der Waals surface area contributed by atoms with E-state index in [1.54, 1.807) is 18.2 Å². The SMILES string of the molecule is Cc1ccc(CCc2c(C#N)nnn2-c2ccccc2F)cc1. The van der Waals surface area contributed by atoms with Gasteiger partial charge in [0, 0.05) is 0 Å². The lowest BCUT2D eigenvalue weighted by Crippen LogP contribution is -2.06. The molecule has 0 saturated carbocycles. The summed E-state index contributed by atoms with van der Waals surface area (Å²) in [6.45, 7) is 2.04. The maximum Gasteiger partial charge on any atom is 0.186 e. The maximum absolute atomic E-state index is 14.0. The summed E-state index contributed by atoms with van der Waals surface area (Å²) in [7, 11) is 0. The zero-order valence-electron chi connectivity index (χ0n) is 12.7. The van der Waals surface area contributed by atoms with E-state index in [1.165, 1.54) is 16.3 Å². The van der Waals surface area contributed by atoms with E-state index in [9.17, 15) is 9.65 Å². The fourth-order valence-electron chi connectivity index (χ4n) is 2.45. The lowest BCUT2D eigenvalue weighted by atomic mass is 10.1. The van der Waals surface area contributed by atoms with Gasteiger partial charge in [0.05, 0.1) is 5.69 Å². The highest BCUT2D eigenvalue weighted by Gasteiger charge is 2.16. The molecular formula is C18H15FN4. The van der Waals surface area contributed by atoms with Crippen LogP contribution in [0.2, 0.25) is 0 Å². The zero-order valence-corrected chi connectivity index (χ0v) is 12.7. The molecule has 114 valence electrons. The van der Waals surface area contributed by atoms with Crippen molar-refractivity contribution in [1.29, 1.82) is 5.26 Å². The van der Waals surface area contributed by atoms with E-state index in [-0.39, 0.29) is 5.69 Å². The van der Waals surface area contributed by atoms with Crippen LogP contribution in [0.15, 0.2) is 48.5 Å². The van der Waals surface area contributed by atoms with E-state index in [4.69, 9.17) is 0 Å². The molecule has 1 heterocycles. The van der Waals surface area contributed by atoms with Crippen molar-refractivity contribution in [1.82, 2.24) is 15.0 Å². The molecule has 0 saturated heterocycles. The van der Waals surface area contributed by atoms with Crippen LogP contribution in [0.3, 0.4) is 0 Å². The molecule has 0 atom stereocenters. The van der Waals surface area contributed by atoms with Gasteiger partial charge in [0.15, 0.2) is 5.69 Å². The van der Waals surface area contributed by atoms with Crippen LogP contribution in [0, 0.1) is 24.1 Å². The van der Waals surface area contributed by atoms with E-state index in [2.05, 4.69) is 22.4 Å². The molecule has 0 spiro atoms. The zero-order chi connectivity index (χ0) is 16.2. The fraction of sp³-hybridized carbons (Fsp3) is 0.167. The van der Waals surface area contributed by atoms with Crippen LogP contribution in [-0.4, -0.2) is 15.0 Å². The van der Waals surface area contributed by atoms with Gasteiger partial charge in [-0.25, -0.2) is 9.07 Å². The highest BCUT2D eigenvalue weighted by molar-refractivity contribution is 5.38. The van der Waals surface area contributed by atoms with Crippen molar-refractivity contribution >= 4 is 0 Å². The first-order valence-electron chi connectivity index (χ1n) is 7.34. The molecule has 5 heteroatoms. The standard InChI is InChI=1S/C18H15FN4/c1-13-6-8-14(9-7-13)10-11-18-16(12-20)21-22-23(18)17-5-3-2-4-15(17)19/h2-9H,10-11H2,1H3. The Hall–Kier alpha value is -3.00. The average molecular weight is 306 g/mol. The summed E-state index contributed by atoms with van der Waals surface area (Å²) in [6.07, 6.45) is 1.30. The van der Waals surface area contributed by atoms with Crippen LogP contribution in [0.5, 0.6) is 0 Å². The van der Waals surface area contributed by atoms with E-state index in [0.717, 1.165) is 12.0 Å². The Bertz CT molecular complexity index is 859. The molecule has 0 aliphatic carbocycles. The van der Waals surface area contributed by atoms with Crippen molar-refractivity contribution in [3.05, 3.63) is 76.9 Å². The van der Waals surface area contributed by atoms with Gasteiger partial charge in [0.2, 0.25) is 0 Å². The molecule has 0 unspecified atom stereocenters. The number of hydrogen-bond acceptors (Lipinski definition) is 3. The largest absolute Gasteiger partial charge is 0.213 e. The topological polar surface area (TPSA) is 54.5 Å². The van der Waals surface area contributed by atoms with Crippen molar-refractivity contribution < 1.29 is 4.39 Å². The van der Waals surface area contributed by atoms with Gasteiger partial charge in [0.25, 0.3) is 0 Å². The Kier molecular flexibility index (Phi) is 4.15. The summed E-state index contributed by atoms with van der Waals surface area (Å²) in [5.74, 6) is -0.390. The van der Waals surface area contributed by atoms with E-state index in [1.807, 2.05) is 25.1 Å². The minimum absolute atomic E-state index is 0.236. The first kappa shape index (κ1) is 14.9. The van der Waals surface area contributed by atoms with Gasteiger partial charge < -0.3 is 0 Å². The van der Waals surface area contributed by atoms with Gasteiger partial charge in [-0.3, -0.25) is 0 Å². The van der Waals surface area contributed by atoms with Crippen LogP contribution < -0.4 is 0 Å². The Morgan fingerprint density at radius 1 is 1.09 bits per heavy atom. The number of rotatable bonds is 4. The average Bonchev–Trinajstić information content (AvgIpc) is 2.97. The Morgan fingerprint density at radius 3 is 2.52 bits per heavy atom. The van der Waals surface area contributed by atoms with E-state index >= 15 is 0 Å². The quantitative estimate of drug-likeness (QED) is 0.742. The molecule has 0 aliphatic heterocycles. The first-order chi connectivity index (χ1) is 11.2. The summed E-state index contributed by atoms with van der Waals surface area (Å²) in [6, 6.07) is 16.6. The maximum atomic E-state index is 14.0. The second-order valence-electron chi connectivity index (χ2n) is 5.35. The number of benzene rings is 2. The third-order valence-electron chi connectivity index (χ3n) is 3.72. The molecule has 0 N–H and O–H groups in total. The minimum Gasteiger partial charge on any atom is -0.213 e. The lowest BCUT2D eigenvalue weighted by Gasteiger charge is -2.08. The fourth-order valence-corrected chi connectivity index (χ4v) is 2.45. The molecule has 3 aromatic rings. The molecule has 1 aromatic heterocycles. The number of halogens is 1. The summed E-state index contributed by atoms with van der Waals surface area (Å²) in [5.41, 5.74) is 3.52. The number of para-hydroxylation sites is 1. The van der Waals surface area contributed by atoms with E-state index in [0.29, 0.717) is 17.8 Å². The van der Waals surface area contributed by atoms with Crippen LogP contribution in [-0.2, 0) is 12.8 Å². The van der Waals surface area contributed by atoms with Crippen LogP contribution in [0.25, 0.3) is 5.69 Å². The second kappa shape index (κ2) is 6.41. The van der Waals surface area contributed by atoms with Crippen LogP contribution >= 0.6 is 0 Å². The number of nitriles is 1. The van der Waals surface area contributed by atoms with Crippen molar-refractivity contribution in [2.45, 2.75) is 19.8 Å². The molecule has 0 fully saturated rings. The first-order valence-corrected chi connectivity index (χ1v) is 7.34. The second-order valence-corrected chi connectivity index (χ2v) is 5.35. The molecule has 23 heavy (non-hydrogen) atoms. The molecule has 3 rings (SSSR count). The predicted octanol–water partition coefficient (Wildman–Crippen LogP) is 3.37. The number of nitrogens with zero attached hydrogens (tertiary/aromatic N) is 4. The highest BCUT2D eigenvalue weighted by Crippen LogP contribution is 2.18. The van der Waals surface area contributed by atoms with Gasteiger partial charge in [-0.05, 0) is 37.5 Å². The molecule has 0 radical (unpaired) electrons. The van der Waals surface area contributed by atoms with Gasteiger partial charge in [0.1, 0.15) is 17.6 Å². The Labute approximate surface area is 133 Å². The summed E-state index contributed by atoms with van der Waals surface area (Å²) in [4.78, 5) is 0. The Balaban J connectivity index is 1.92. The molecule has 2 aromatic carbocycles. The van der Waals surface area contributed by atoms with Crippen LogP contribution in [0.1, 0.15) is 22.5 Å². The number of hydrogen-bond donors (Lipinski definition) is 0. The summed E-state index contributed by atoms with van der Waals surface area (Å²) >= 11 is 0. The van der Waals surface area contributed by atoms with Gasteiger partial charge in [-0.15, -0.1) is 5.10 Å². The lowest BCUT2D eigenvalue weighted by molar-refractivity contribution is 0.601. The smallest absolute Gasteiger partial charge is 0.186 e. The normalized spacial score (nSPS) is 10.5. The predicted molar refractivity (Wildman–Crippen MR) is 84.6 cm³/mol. The number of aryl methyl sites for hydroxylation is 2. The van der Waals surface area contributed by atoms with Gasteiger partial charge in [-0.1, -0.05) is 47.2 Å². The van der Waals surface area contributed by atoms with Crippen molar-refractivity contribution in [3.63, 3.8) is 0 Å². The minimum atomic E-state index is -0.390. The molecule has 0 aliphatic rings. The molecule has 0 bridgehead atoms. The van der Waals surface area contributed by atoms with Gasteiger partial charge >= 0.3 is 0 Å². The third-order valence-corrected chi connectivity index (χ3v) is 3.72. The number of aromatic nitrogens is 3. The third kappa shape index (κ3) is 3.11.